The summed E-state index contributed by atoms with van der Waals surface area (Å²) < 4.78 is 55.7. The number of hydrogen-bond acceptors (Lipinski definition) is 4. The Bertz CT molecular complexity index is 988. The maximum Gasteiger partial charge on any atom is 0.339 e. The summed E-state index contributed by atoms with van der Waals surface area (Å²) in [7, 11) is -4.55. The second kappa shape index (κ2) is 6.05. The molecular weight excluding hydrogens is 352 g/mol. The van der Waals surface area contributed by atoms with Crippen molar-refractivity contribution in [1.29, 1.82) is 0 Å². The van der Waals surface area contributed by atoms with Gasteiger partial charge >= 0.3 is 5.97 Å². The zero-order valence-electron chi connectivity index (χ0n) is 13.0. The van der Waals surface area contributed by atoms with Crippen LogP contribution in [-0.4, -0.2) is 21.0 Å². The normalized spacial score (nSPS) is 14.8. The van der Waals surface area contributed by atoms with E-state index in [2.05, 4.69) is 0 Å². The van der Waals surface area contributed by atoms with E-state index < -0.39 is 32.5 Å². The van der Waals surface area contributed by atoms with Gasteiger partial charge in [-0.05, 0) is 30.2 Å². The Labute approximate surface area is 142 Å². The highest BCUT2D eigenvalue weighted by atomic mass is 32.2. The first-order valence-electron chi connectivity index (χ1n) is 7.18. The largest absolute Gasteiger partial charge is 0.457 e. The van der Waals surface area contributed by atoms with Crippen molar-refractivity contribution in [1.82, 2.24) is 0 Å². The van der Waals surface area contributed by atoms with E-state index in [0.717, 1.165) is 17.7 Å². The van der Waals surface area contributed by atoms with Crippen LogP contribution in [0.4, 0.5) is 8.78 Å². The molecule has 0 amide bonds. The van der Waals surface area contributed by atoms with E-state index in [1.165, 1.54) is 0 Å². The number of ether oxygens (including phenoxy) is 1. The Morgan fingerprint density at radius 2 is 1.60 bits per heavy atom. The summed E-state index contributed by atoms with van der Waals surface area (Å²) in [4.78, 5) is 10.8. The molecule has 0 unspecified atom stereocenters. The third-order valence-electron chi connectivity index (χ3n) is 3.83. The van der Waals surface area contributed by atoms with E-state index in [-0.39, 0.29) is 23.3 Å². The third kappa shape index (κ3) is 3.18. The highest BCUT2D eigenvalue weighted by molar-refractivity contribution is 7.89. The lowest BCUT2D eigenvalue weighted by Crippen LogP contribution is -2.16. The molecule has 3 rings (SSSR count). The molecule has 2 N–H and O–H groups in total. The Balaban J connectivity index is 2.20. The van der Waals surface area contributed by atoms with Crippen LogP contribution in [-0.2, 0) is 19.6 Å². The topological polar surface area (TPSA) is 86.5 Å². The van der Waals surface area contributed by atoms with Gasteiger partial charge in [0.05, 0.1) is 5.57 Å². The SMILES string of the molecule is Cc1ccc(C2=C(c3cc(F)c(S(N)(=O)=O)c(F)c3)COC2=O)cc1. The molecule has 130 valence electrons. The van der Waals surface area contributed by atoms with Gasteiger partial charge in [0.25, 0.3) is 0 Å². The van der Waals surface area contributed by atoms with Gasteiger partial charge in [-0.3, -0.25) is 0 Å². The summed E-state index contributed by atoms with van der Waals surface area (Å²) in [6.07, 6.45) is 0. The van der Waals surface area contributed by atoms with Gasteiger partial charge in [0.15, 0.2) is 4.90 Å². The lowest BCUT2D eigenvalue weighted by molar-refractivity contribution is -0.133. The molecule has 0 radical (unpaired) electrons. The van der Waals surface area contributed by atoms with Crippen molar-refractivity contribution in [2.24, 2.45) is 5.14 Å². The molecular formula is C17H13F2NO4S. The van der Waals surface area contributed by atoms with Gasteiger partial charge in [0.1, 0.15) is 18.2 Å². The average molecular weight is 365 g/mol. The number of sulfonamides is 1. The molecule has 0 aliphatic carbocycles. The van der Waals surface area contributed by atoms with Gasteiger partial charge < -0.3 is 4.74 Å². The number of cyclic esters (lactones) is 1. The van der Waals surface area contributed by atoms with Crippen LogP contribution in [0, 0.1) is 18.6 Å². The molecule has 0 fully saturated rings. The number of hydrogen-bond donors (Lipinski definition) is 1. The second-order valence-corrected chi connectivity index (χ2v) is 7.11. The highest BCUT2D eigenvalue weighted by Gasteiger charge is 2.29. The molecule has 8 heteroatoms. The molecule has 2 aromatic carbocycles. The van der Waals surface area contributed by atoms with Crippen molar-refractivity contribution in [2.75, 3.05) is 6.61 Å². The molecule has 0 saturated heterocycles. The molecule has 1 heterocycles. The molecule has 0 spiro atoms. The van der Waals surface area contributed by atoms with Crippen molar-refractivity contribution in [3.8, 4) is 0 Å². The minimum atomic E-state index is -4.55. The molecule has 1 aliphatic rings. The van der Waals surface area contributed by atoms with Gasteiger partial charge in [-0.25, -0.2) is 27.1 Å². The van der Waals surface area contributed by atoms with Crippen LogP contribution in [0.1, 0.15) is 16.7 Å². The van der Waals surface area contributed by atoms with Crippen LogP contribution in [0.2, 0.25) is 0 Å². The lowest BCUT2D eigenvalue weighted by Gasteiger charge is -2.08. The fourth-order valence-corrected chi connectivity index (χ4v) is 3.31. The first-order chi connectivity index (χ1) is 11.7. The molecule has 0 saturated carbocycles. The predicted octanol–water partition coefficient (Wildman–Crippen LogP) is 2.39. The smallest absolute Gasteiger partial charge is 0.339 e. The van der Waals surface area contributed by atoms with Gasteiger partial charge in [0.2, 0.25) is 10.0 Å². The van der Waals surface area contributed by atoms with Crippen LogP contribution in [0.5, 0.6) is 0 Å². The van der Waals surface area contributed by atoms with Crippen molar-refractivity contribution in [2.45, 2.75) is 11.8 Å². The molecule has 25 heavy (non-hydrogen) atoms. The Morgan fingerprint density at radius 3 is 2.12 bits per heavy atom. The van der Waals surface area contributed by atoms with Gasteiger partial charge in [-0.1, -0.05) is 29.8 Å². The van der Waals surface area contributed by atoms with Crippen LogP contribution >= 0.6 is 0 Å². The molecule has 0 aromatic heterocycles. The Morgan fingerprint density at radius 1 is 1.04 bits per heavy atom. The maximum atomic E-state index is 14.1. The number of rotatable bonds is 3. The molecule has 5 nitrogen and oxygen atoms in total. The summed E-state index contributed by atoms with van der Waals surface area (Å²) in [6.45, 7) is 1.71. The zero-order chi connectivity index (χ0) is 18.4. The fraction of sp³-hybridized carbons (Fsp3) is 0.118. The van der Waals surface area contributed by atoms with Crippen LogP contribution in [0.3, 0.4) is 0 Å². The summed E-state index contributed by atoms with van der Waals surface area (Å²) in [5, 5.41) is 4.82. The number of esters is 1. The maximum absolute atomic E-state index is 14.1. The van der Waals surface area contributed by atoms with E-state index in [9.17, 15) is 22.0 Å². The van der Waals surface area contributed by atoms with E-state index in [1.54, 1.807) is 24.3 Å². The second-order valence-electron chi connectivity index (χ2n) is 5.61. The molecule has 0 atom stereocenters. The highest BCUT2D eigenvalue weighted by Crippen LogP contribution is 2.34. The Hall–Kier alpha value is -2.58. The van der Waals surface area contributed by atoms with E-state index in [0.29, 0.717) is 5.56 Å². The summed E-state index contributed by atoms with van der Waals surface area (Å²) in [6, 6.07) is 8.63. The predicted molar refractivity (Wildman–Crippen MR) is 86.7 cm³/mol. The first-order valence-corrected chi connectivity index (χ1v) is 8.72. The third-order valence-corrected chi connectivity index (χ3v) is 4.78. The van der Waals surface area contributed by atoms with E-state index in [4.69, 9.17) is 9.88 Å². The van der Waals surface area contributed by atoms with Gasteiger partial charge in [0, 0.05) is 5.57 Å². The van der Waals surface area contributed by atoms with E-state index in [1.807, 2.05) is 6.92 Å². The quantitative estimate of drug-likeness (QED) is 0.846. The zero-order valence-corrected chi connectivity index (χ0v) is 13.9. The first kappa shape index (κ1) is 17.2. The van der Waals surface area contributed by atoms with E-state index >= 15 is 0 Å². The number of primary sulfonamides is 1. The molecule has 2 aromatic rings. The van der Waals surface area contributed by atoms with Crippen molar-refractivity contribution in [3.63, 3.8) is 0 Å². The summed E-state index contributed by atoms with van der Waals surface area (Å²) in [5.41, 5.74) is 1.99. The number of carbonyl (C=O) groups is 1. The number of halogens is 2. The van der Waals surface area contributed by atoms with Crippen molar-refractivity contribution < 1.29 is 26.7 Å². The monoisotopic (exact) mass is 365 g/mol. The summed E-state index contributed by atoms with van der Waals surface area (Å²) in [5.74, 6) is -3.27. The van der Waals surface area contributed by atoms with Crippen molar-refractivity contribution >= 4 is 27.1 Å². The number of carbonyl (C=O) groups excluding carboxylic acids is 1. The molecule has 1 aliphatic heterocycles. The average Bonchev–Trinajstić information content (AvgIpc) is 2.87. The van der Waals surface area contributed by atoms with Gasteiger partial charge in [-0.15, -0.1) is 0 Å². The van der Waals surface area contributed by atoms with Crippen LogP contribution < -0.4 is 5.14 Å². The van der Waals surface area contributed by atoms with Crippen molar-refractivity contribution in [3.05, 3.63) is 64.7 Å². The van der Waals surface area contributed by atoms with Crippen LogP contribution in [0.25, 0.3) is 11.1 Å². The standard InChI is InChI=1S/C17H13F2NO4S/c1-9-2-4-10(5-3-9)15-12(8-24-17(15)21)11-6-13(18)16(14(19)7-11)25(20,22)23/h2-7H,8H2,1H3,(H2,20,22,23). The molecule has 0 bridgehead atoms. The number of benzene rings is 2. The number of nitrogens with two attached hydrogens (primary N) is 1. The Kier molecular flexibility index (Phi) is 4.18. The fourth-order valence-electron chi connectivity index (χ4n) is 2.65. The summed E-state index contributed by atoms with van der Waals surface area (Å²) >= 11 is 0. The minimum absolute atomic E-state index is 0.0174. The van der Waals surface area contributed by atoms with Crippen LogP contribution in [0.15, 0.2) is 41.3 Å². The van der Waals surface area contributed by atoms with Gasteiger partial charge in [-0.2, -0.15) is 0 Å². The minimum Gasteiger partial charge on any atom is -0.457 e. The number of aryl methyl sites for hydroxylation is 1. The lowest BCUT2D eigenvalue weighted by atomic mass is 9.96.